The smallest absolute Gasteiger partial charge is 0.294 e. The summed E-state index contributed by atoms with van der Waals surface area (Å²) in [6.07, 6.45) is 1.88. The van der Waals surface area contributed by atoms with E-state index >= 15 is 0 Å². The molecule has 0 saturated heterocycles. The molecule has 0 atom stereocenters. The van der Waals surface area contributed by atoms with Gasteiger partial charge in [-0.1, -0.05) is 0 Å². The van der Waals surface area contributed by atoms with E-state index in [9.17, 15) is 10.1 Å². The van der Waals surface area contributed by atoms with Gasteiger partial charge in [-0.15, -0.1) is 0 Å². The van der Waals surface area contributed by atoms with E-state index < -0.39 is 4.92 Å². The van der Waals surface area contributed by atoms with E-state index in [1.165, 1.54) is 6.07 Å². The molecule has 0 unspecified atom stereocenters. The van der Waals surface area contributed by atoms with Crippen molar-refractivity contribution in [2.45, 2.75) is 12.8 Å². The van der Waals surface area contributed by atoms with E-state index in [1.54, 1.807) is 12.1 Å². The van der Waals surface area contributed by atoms with Gasteiger partial charge in [0.05, 0.1) is 4.92 Å². The predicted molar refractivity (Wildman–Crippen MR) is 81.8 cm³/mol. The van der Waals surface area contributed by atoms with E-state index in [4.69, 9.17) is 11.5 Å². The van der Waals surface area contributed by atoms with Gasteiger partial charge in [0.2, 0.25) is 0 Å². The van der Waals surface area contributed by atoms with E-state index in [1.807, 2.05) is 7.05 Å². The molecular weight excluding hydrogens is 258 g/mol. The molecule has 1 aromatic carbocycles. The molecule has 0 aliphatic heterocycles. The normalized spacial score (nSPS) is 10.8. The summed E-state index contributed by atoms with van der Waals surface area (Å²) >= 11 is 0. The Labute approximate surface area is 119 Å². The first-order chi connectivity index (χ1) is 9.54. The van der Waals surface area contributed by atoms with Crippen LogP contribution in [0.3, 0.4) is 0 Å². The Kier molecular flexibility index (Phi) is 6.75. The molecule has 0 bridgehead atoms. The summed E-state index contributed by atoms with van der Waals surface area (Å²) in [4.78, 5) is 12.7. The highest BCUT2D eigenvalue weighted by Crippen LogP contribution is 2.26. The summed E-state index contributed by atoms with van der Waals surface area (Å²) in [6, 6.07) is 4.67. The topological polar surface area (TPSA) is 110 Å². The summed E-state index contributed by atoms with van der Waals surface area (Å²) in [5.41, 5.74) is 11.9. The Balaban J connectivity index is 2.40. The first-order valence-corrected chi connectivity index (χ1v) is 6.71. The number of nitrogen functional groups attached to an aromatic ring is 1. The molecule has 1 aromatic rings. The van der Waals surface area contributed by atoms with Crippen LogP contribution in [0.4, 0.5) is 17.1 Å². The fourth-order valence-corrected chi connectivity index (χ4v) is 1.89. The van der Waals surface area contributed by atoms with Crippen molar-refractivity contribution in [3.8, 4) is 0 Å². The minimum Gasteiger partial charge on any atom is -0.399 e. The molecule has 0 saturated carbocycles. The molecule has 0 fully saturated rings. The summed E-state index contributed by atoms with van der Waals surface area (Å²) < 4.78 is 0. The van der Waals surface area contributed by atoms with Crippen LogP contribution in [0.15, 0.2) is 18.2 Å². The number of nitrogens with one attached hydrogen (secondary N) is 1. The van der Waals surface area contributed by atoms with Crippen LogP contribution in [0, 0.1) is 10.1 Å². The summed E-state index contributed by atoms with van der Waals surface area (Å²) in [7, 11) is 2.04. The molecule has 0 aliphatic rings. The maximum Gasteiger partial charge on any atom is 0.294 e. The van der Waals surface area contributed by atoms with Gasteiger partial charge in [-0.25, -0.2) is 0 Å². The number of nitro groups is 1. The number of benzene rings is 1. The van der Waals surface area contributed by atoms with Crippen molar-refractivity contribution in [1.29, 1.82) is 0 Å². The molecule has 20 heavy (non-hydrogen) atoms. The zero-order valence-corrected chi connectivity index (χ0v) is 11.8. The monoisotopic (exact) mass is 281 g/mol. The Morgan fingerprint density at radius 1 is 1.35 bits per heavy atom. The van der Waals surface area contributed by atoms with Gasteiger partial charge in [-0.3, -0.25) is 10.1 Å². The second-order valence-corrected chi connectivity index (χ2v) is 4.76. The largest absolute Gasteiger partial charge is 0.399 e. The molecule has 0 aliphatic carbocycles. The number of nitrogens with two attached hydrogens (primary N) is 2. The minimum absolute atomic E-state index is 0.0153. The lowest BCUT2D eigenvalue weighted by atomic mass is 10.2. The zero-order chi connectivity index (χ0) is 15.0. The molecule has 7 nitrogen and oxygen atoms in total. The Morgan fingerprint density at radius 2 is 2.05 bits per heavy atom. The molecule has 0 amide bonds. The van der Waals surface area contributed by atoms with Crippen molar-refractivity contribution in [3.05, 3.63) is 28.3 Å². The summed E-state index contributed by atoms with van der Waals surface area (Å²) in [6.45, 7) is 3.27. The van der Waals surface area contributed by atoms with Gasteiger partial charge in [-0.05, 0) is 51.7 Å². The minimum atomic E-state index is -0.425. The van der Waals surface area contributed by atoms with Crippen LogP contribution in [0.2, 0.25) is 0 Å². The van der Waals surface area contributed by atoms with Gasteiger partial charge in [0.25, 0.3) is 5.69 Å². The van der Waals surface area contributed by atoms with Gasteiger partial charge in [0.1, 0.15) is 5.69 Å². The highest BCUT2D eigenvalue weighted by atomic mass is 16.6. The predicted octanol–water partition coefficient (Wildman–Crippen LogP) is 1.26. The molecule has 0 heterocycles. The second kappa shape index (κ2) is 8.34. The maximum atomic E-state index is 10.9. The van der Waals surface area contributed by atoms with Gasteiger partial charge in [0, 0.05) is 18.3 Å². The Hall–Kier alpha value is -1.86. The summed E-state index contributed by atoms with van der Waals surface area (Å²) in [5.74, 6) is 0. The lowest BCUT2D eigenvalue weighted by Crippen LogP contribution is -2.24. The lowest BCUT2D eigenvalue weighted by molar-refractivity contribution is -0.383. The zero-order valence-electron chi connectivity index (χ0n) is 11.8. The van der Waals surface area contributed by atoms with Crippen LogP contribution in [0.25, 0.3) is 0 Å². The fraction of sp³-hybridized carbons (Fsp3) is 0.538. The van der Waals surface area contributed by atoms with Crippen molar-refractivity contribution < 1.29 is 4.92 Å². The SMILES string of the molecule is CN(CCCN)CCCNc1ccc(N)cc1[N+](=O)[O-]. The third kappa shape index (κ3) is 5.41. The van der Waals surface area contributed by atoms with Gasteiger partial charge in [0.15, 0.2) is 0 Å². The highest BCUT2D eigenvalue weighted by molar-refractivity contribution is 5.66. The van der Waals surface area contributed by atoms with Crippen molar-refractivity contribution in [2.75, 3.05) is 44.3 Å². The number of nitro benzene ring substituents is 1. The van der Waals surface area contributed by atoms with Crippen LogP contribution in [0.5, 0.6) is 0 Å². The fourth-order valence-electron chi connectivity index (χ4n) is 1.89. The number of hydrogen-bond acceptors (Lipinski definition) is 6. The van der Waals surface area contributed by atoms with Gasteiger partial charge in [-0.2, -0.15) is 0 Å². The van der Waals surface area contributed by atoms with E-state index in [0.717, 1.165) is 25.9 Å². The first kappa shape index (κ1) is 16.2. The van der Waals surface area contributed by atoms with Crippen molar-refractivity contribution in [2.24, 2.45) is 5.73 Å². The van der Waals surface area contributed by atoms with Gasteiger partial charge >= 0.3 is 0 Å². The molecule has 0 radical (unpaired) electrons. The van der Waals surface area contributed by atoms with Crippen LogP contribution >= 0.6 is 0 Å². The molecule has 7 heteroatoms. The van der Waals surface area contributed by atoms with Crippen LogP contribution in [-0.4, -0.2) is 43.0 Å². The van der Waals surface area contributed by atoms with E-state index in [0.29, 0.717) is 24.5 Å². The summed E-state index contributed by atoms with van der Waals surface area (Å²) in [5, 5.41) is 14.0. The average molecular weight is 281 g/mol. The quantitative estimate of drug-likeness (QED) is 0.272. The van der Waals surface area contributed by atoms with Crippen molar-refractivity contribution in [3.63, 3.8) is 0 Å². The van der Waals surface area contributed by atoms with Crippen molar-refractivity contribution in [1.82, 2.24) is 4.90 Å². The molecule has 5 N–H and O–H groups in total. The Bertz CT molecular complexity index is 439. The maximum absolute atomic E-state index is 10.9. The molecule has 0 spiro atoms. The van der Waals surface area contributed by atoms with Crippen LogP contribution in [0.1, 0.15) is 12.8 Å². The number of anilines is 2. The van der Waals surface area contributed by atoms with Crippen LogP contribution < -0.4 is 16.8 Å². The van der Waals surface area contributed by atoms with Gasteiger partial charge < -0.3 is 21.7 Å². The highest BCUT2D eigenvalue weighted by Gasteiger charge is 2.13. The average Bonchev–Trinajstić information content (AvgIpc) is 2.42. The lowest BCUT2D eigenvalue weighted by Gasteiger charge is -2.16. The molecule has 1 rings (SSSR count). The first-order valence-electron chi connectivity index (χ1n) is 6.71. The number of nitrogens with zero attached hydrogens (tertiary/aromatic N) is 2. The van der Waals surface area contributed by atoms with Crippen molar-refractivity contribution >= 4 is 17.1 Å². The van der Waals surface area contributed by atoms with Crippen LogP contribution in [-0.2, 0) is 0 Å². The molecule has 0 aromatic heterocycles. The standard InChI is InChI=1S/C13H23N5O2/c1-17(8-2-6-14)9-3-7-16-12-5-4-11(15)10-13(12)18(19)20/h4-5,10,16H,2-3,6-9,14-15H2,1H3. The number of rotatable bonds is 9. The Morgan fingerprint density at radius 3 is 2.70 bits per heavy atom. The molecule has 112 valence electrons. The van der Waals surface area contributed by atoms with E-state index in [-0.39, 0.29) is 5.69 Å². The third-order valence-electron chi connectivity index (χ3n) is 2.99. The second-order valence-electron chi connectivity index (χ2n) is 4.76. The third-order valence-corrected chi connectivity index (χ3v) is 2.99. The van der Waals surface area contributed by atoms with E-state index in [2.05, 4.69) is 10.2 Å². The number of hydrogen-bond donors (Lipinski definition) is 3. The molecular formula is C13H23N5O2.